The van der Waals surface area contributed by atoms with Crippen LogP contribution in [-0.4, -0.2) is 73.3 Å². The zero-order chi connectivity index (χ0) is 21.9. The second kappa shape index (κ2) is 19.0. The average molecular weight is 501 g/mol. The third-order valence-corrected chi connectivity index (χ3v) is 8.08. The van der Waals surface area contributed by atoms with Crippen molar-refractivity contribution in [3.8, 4) is 0 Å². The fourth-order valence-electron chi connectivity index (χ4n) is 2.04. The van der Waals surface area contributed by atoms with Gasteiger partial charge in [0.05, 0.1) is 0 Å². The minimum atomic E-state index is -0.229. The maximum Gasteiger partial charge on any atom is 0.305 e. The number of hydrogen-bond donors (Lipinski definition) is 0. The molecule has 0 aromatic rings. The summed E-state index contributed by atoms with van der Waals surface area (Å²) in [4.78, 5) is 44.4. The smallest absolute Gasteiger partial charge is 0.305 e. The summed E-state index contributed by atoms with van der Waals surface area (Å²) in [5.41, 5.74) is 0. The normalized spacial score (nSPS) is 21.6. The third kappa shape index (κ3) is 17.0. The van der Waals surface area contributed by atoms with Crippen LogP contribution in [0.15, 0.2) is 0 Å². The highest BCUT2D eigenvalue weighted by molar-refractivity contribution is 8.77. The lowest BCUT2D eigenvalue weighted by Crippen LogP contribution is -2.09. The molecule has 0 spiro atoms. The number of cyclic esters (lactones) is 4. The lowest BCUT2D eigenvalue weighted by atomic mass is 10.2. The molecular weight excluding hydrogens is 472 g/mol. The van der Waals surface area contributed by atoms with E-state index in [0.29, 0.717) is 65.0 Å². The van der Waals surface area contributed by atoms with Crippen LogP contribution in [-0.2, 0) is 38.1 Å². The van der Waals surface area contributed by atoms with Gasteiger partial charge in [0.25, 0.3) is 0 Å². The Morgan fingerprint density at radius 2 is 0.667 bits per heavy atom. The Hall–Kier alpha value is -0.720. The van der Waals surface area contributed by atoms with E-state index in [4.69, 9.17) is 18.9 Å². The molecule has 30 heavy (non-hydrogen) atoms. The highest BCUT2D eigenvalue weighted by Gasteiger charge is 2.09. The first-order chi connectivity index (χ1) is 14.6. The van der Waals surface area contributed by atoms with Gasteiger partial charge in [-0.1, -0.05) is 43.2 Å². The first-order valence-corrected chi connectivity index (χ1v) is 14.7. The van der Waals surface area contributed by atoms with Crippen LogP contribution >= 0.6 is 43.2 Å². The summed E-state index contributed by atoms with van der Waals surface area (Å²) in [6.45, 7) is 1.80. The van der Waals surface area contributed by atoms with Gasteiger partial charge in [-0.25, -0.2) is 0 Å². The van der Waals surface area contributed by atoms with E-state index in [1.807, 2.05) is 0 Å². The van der Waals surface area contributed by atoms with Gasteiger partial charge in [0.15, 0.2) is 0 Å². The molecule has 0 atom stereocenters. The first-order valence-electron chi connectivity index (χ1n) is 9.69. The Morgan fingerprint density at radius 3 is 0.900 bits per heavy atom. The maximum absolute atomic E-state index is 11.1. The predicted molar refractivity (Wildman–Crippen MR) is 121 cm³/mol. The molecular formula is C18H28O8S4. The van der Waals surface area contributed by atoms with Gasteiger partial charge in [0.1, 0.15) is 26.4 Å². The van der Waals surface area contributed by atoms with Gasteiger partial charge in [-0.2, -0.15) is 0 Å². The molecule has 2 saturated heterocycles. The Morgan fingerprint density at radius 1 is 0.433 bits per heavy atom. The van der Waals surface area contributed by atoms with Crippen molar-refractivity contribution in [1.82, 2.24) is 0 Å². The Bertz CT molecular complexity index is 442. The summed E-state index contributed by atoms with van der Waals surface area (Å²) < 4.78 is 19.9. The summed E-state index contributed by atoms with van der Waals surface area (Å²) in [6.07, 6.45) is 2.22. The monoisotopic (exact) mass is 500 g/mol. The molecule has 0 saturated carbocycles. The molecule has 2 aliphatic rings. The Balaban J connectivity index is 0.000000300. The van der Waals surface area contributed by atoms with Crippen LogP contribution in [0.25, 0.3) is 0 Å². The van der Waals surface area contributed by atoms with Crippen molar-refractivity contribution in [3.63, 3.8) is 0 Å². The molecule has 0 radical (unpaired) electrons. The lowest BCUT2D eigenvalue weighted by Gasteiger charge is -2.02. The van der Waals surface area contributed by atoms with Gasteiger partial charge >= 0.3 is 23.9 Å². The topological polar surface area (TPSA) is 105 Å². The highest BCUT2D eigenvalue weighted by atomic mass is 33.1. The molecule has 0 N–H and O–H groups in total. The van der Waals surface area contributed by atoms with Crippen LogP contribution in [0, 0.1) is 0 Å². The van der Waals surface area contributed by atoms with Crippen LogP contribution in [0.5, 0.6) is 0 Å². The Kier molecular flexibility index (Phi) is 17.3. The molecule has 2 fully saturated rings. The Labute approximate surface area is 192 Å². The van der Waals surface area contributed by atoms with Crippen molar-refractivity contribution in [3.05, 3.63) is 0 Å². The average Bonchev–Trinajstić information content (AvgIpc) is 2.74. The molecule has 0 amide bonds. The number of rotatable bonds is 0. The summed E-state index contributed by atoms with van der Waals surface area (Å²) >= 11 is 0. The van der Waals surface area contributed by atoms with Crippen molar-refractivity contribution in [1.29, 1.82) is 0 Å². The van der Waals surface area contributed by atoms with E-state index in [-0.39, 0.29) is 23.9 Å². The standard InChI is InChI=1S/2C9H14O4S2/c2*10-8-2-1-3-9(11)13-5-7-15-14-6-4-12-8/h2*1-7H2. The van der Waals surface area contributed by atoms with Crippen LogP contribution < -0.4 is 0 Å². The van der Waals surface area contributed by atoms with Gasteiger partial charge in [-0.15, -0.1) is 0 Å². The second-order valence-electron chi connectivity index (χ2n) is 5.88. The molecule has 2 heterocycles. The second-order valence-corrected chi connectivity index (χ2v) is 11.3. The zero-order valence-electron chi connectivity index (χ0n) is 16.8. The molecule has 0 aromatic carbocycles. The summed E-state index contributed by atoms with van der Waals surface area (Å²) in [6, 6.07) is 0. The van der Waals surface area contributed by atoms with Gasteiger partial charge in [0, 0.05) is 48.7 Å². The van der Waals surface area contributed by atoms with Crippen molar-refractivity contribution < 1.29 is 38.1 Å². The maximum atomic E-state index is 11.1. The molecule has 0 bridgehead atoms. The van der Waals surface area contributed by atoms with E-state index in [0.717, 1.165) is 23.0 Å². The quantitative estimate of drug-likeness (QED) is 0.277. The SMILES string of the molecule is O=C1CCCC(=O)OCCSSCCO1.O=C1CCCC(=O)OCCSSCCO1. The fourth-order valence-corrected chi connectivity index (χ4v) is 5.34. The van der Waals surface area contributed by atoms with Gasteiger partial charge in [-0.3, -0.25) is 19.2 Å². The van der Waals surface area contributed by atoms with Crippen molar-refractivity contribution in [2.45, 2.75) is 38.5 Å². The number of hydrogen-bond acceptors (Lipinski definition) is 12. The van der Waals surface area contributed by atoms with Crippen molar-refractivity contribution in [2.75, 3.05) is 49.4 Å². The first kappa shape index (κ1) is 27.3. The van der Waals surface area contributed by atoms with E-state index in [2.05, 4.69) is 0 Å². The largest absolute Gasteiger partial charge is 0.465 e. The summed E-state index contributed by atoms with van der Waals surface area (Å²) in [5.74, 6) is 2.21. The highest BCUT2D eigenvalue weighted by Crippen LogP contribution is 2.21. The van der Waals surface area contributed by atoms with E-state index in [9.17, 15) is 19.2 Å². The van der Waals surface area contributed by atoms with E-state index in [1.165, 1.54) is 0 Å². The summed E-state index contributed by atoms with van der Waals surface area (Å²) in [7, 11) is 6.50. The van der Waals surface area contributed by atoms with Crippen molar-refractivity contribution in [2.24, 2.45) is 0 Å². The van der Waals surface area contributed by atoms with E-state index in [1.54, 1.807) is 43.2 Å². The number of carbonyl (C=O) groups excluding carboxylic acids is 4. The number of carbonyl (C=O) groups is 4. The van der Waals surface area contributed by atoms with Crippen LogP contribution in [0.4, 0.5) is 0 Å². The van der Waals surface area contributed by atoms with Crippen LogP contribution in [0.2, 0.25) is 0 Å². The zero-order valence-corrected chi connectivity index (χ0v) is 20.1. The molecule has 172 valence electrons. The van der Waals surface area contributed by atoms with E-state index >= 15 is 0 Å². The molecule has 0 aliphatic carbocycles. The molecule has 12 heteroatoms. The number of esters is 4. The molecule has 0 unspecified atom stereocenters. The molecule has 2 aliphatic heterocycles. The van der Waals surface area contributed by atoms with E-state index < -0.39 is 0 Å². The number of ether oxygens (including phenoxy) is 4. The minimum Gasteiger partial charge on any atom is -0.465 e. The van der Waals surface area contributed by atoms with Gasteiger partial charge in [-0.05, 0) is 12.8 Å². The van der Waals surface area contributed by atoms with Gasteiger partial charge in [0.2, 0.25) is 0 Å². The molecule has 8 nitrogen and oxygen atoms in total. The fraction of sp³-hybridized carbons (Fsp3) is 0.778. The summed E-state index contributed by atoms with van der Waals surface area (Å²) in [5, 5.41) is 0. The minimum absolute atomic E-state index is 0.229. The third-order valence-electron chi connectivity index (χ3n) is 3.41. The van der Waals surface area contributed by atoms with Gasteiger partial charge < -0.3 is 18.9 Å². The van der Waals surface area contributed by atoms with Crippen LogP contribution in [0.1, 0.15) is 38.5 Å². The lowest BCUT2D eigenvalue weighted by molar-refractivity contribution is -0.146. The molecule has 2 rings (SSSR count). The predicted octanol–water partition coefficient (Wildman–Crippen LogP) is 3.28. The van der Waals surface area contributed by atoms with Crippen molar-refractivity contribution >= 4 is 67.1 Å². The van der Waals surface area contributed by atoms with Crippen LogP contribution in [0.3, 0.4) is 0 Å². The molecule has 0 aromatic heterocycles.